The van der Waals surface area contributed by atoms with E-state index in [2.05, 4.69) is 0 Å². The summed E-state index contributed by atoms with van der Waals surface area (Å²) < 4.78 is 0. The van der Waals surface area contributed by atoms with Crippen molar-refractivity contribution in [1.29, 1.82) is 0 Å². The second kappa shape index (κ2) is 8.14. The first kappa shape index (κ1) is 20.7. The molecule has 1 aliphatic heterocycles. The highest BCUT2D eigenvalue weighted by atomic mass is 35.5. The van der Waals surface area contributed by atoms with Crippen LogP contribution in [0, 0.1) is 0 Å². The Bertz CT molecular complexity index is 884. The van der Waals surface area contributed by atoms with Crippen molar-refractivity contribution >= 4 is 35.1 Å². The molecule has 0 saturated carbocycles. The van der Waals surface area contributed by atoms with Crippen LogP contribution in [0.4, 0.5) is 0 Å². The van der Waals surface area contributed by atoms with E-state index in [1.54, 1.807) is 30.9 Å². The van der Waals surface area contributed by atoms with E-state index < -0.39 is 17.6 Å². The van der Waals surface area contributed by atoms with Crippen molar-refractivity contribution in [2.75, 3.05) is 0 Å². The van der Waals surface area contributed by atoms with Crippen molar-refractivity contribution in [1.82, 2.24) is 4.90 Å². The van der Waals surface area contributed by atoms with Gasteiger partial charge in [0.2, 0.25) is 5.91 Å². The largest absolute Gasteiger partial charge is 0.480 e. The lowest BCUT2D eigenvalue weighted by molar-refractivity contribution is -0.165. The Morgan fingerprint density at radius 2 is 1.82 bits per heavy atom. The molecule has 0 aromatic heterocycles. The third-order valence-corrected chi connectivity index (χ3v) is 6.25. The number of carboxylic acids is 1. The van der Waals surface area contributed by atoms with Gasteiger partial charge >= 0.3 is 5.97 Å². The number of carboxylic acid groups (broad SMARTS) is 1. The van der Waals surface area contributed by atoms with Crippen LogP contribution in [0.15, 0.2) is 48.5 Å². The van der Waals surface area contributed by atoms with Crippen LogP contribution in [0.25, 0.3) is 0 Å². The molecule has 1 N–H and O–H groups in total. The van der Waals surface area contributed by atoms with E-state index in [0.717, 1.165) is 11.1 Å². The first-order valence-electron chi connectivity index (χ1n) is 9.34. The smallest absolute Gasteiger partial charge is 0.329 e. The van der Waals surface area contributed by atoms with Crippen molar-refractivity contribution < 1.29 is 14.7 Å². The number of hydrogen-bond acceptors (Lipinski definition) is 2. The van der Waals surface area contributed by atoms with Crippen LogP contribution in [0.2, 0.25) is 10.0 Å². The average molecular weight is 420 g/mol. The summed E-state index contributed by atoms with van der Waals surface area (Å²) in [5, 5.41) is 11.2. The molecule has 0 spiro atoms. The second-order valence-corrected chi connectivity index (χ2v) is 8.27. The van der Waals surface area contributed by atoms with Gasteiger partial charge < -0.3 is 10.0 Å². The fourth-order valence-electron chi connectivity index (χ4n) is 4.03. The average Bonchev–Trinajstić information content (AvgIpc) is 2.67. The summed E-state index contributed by atoms with van der Waals surface area (Å²) in [7, 11) is 0. The molecule has 0 bridgehead atoms. The van der Waals surface area contributed by atoms with Crippen LogP contribution < -0.4 is 0 Å². The number of benzene rings is 2. The minimum atomic E-state index is -1.31. The zero-order chi connectivity index (χ0) is 20.5. The van der Waals surface area contributed by atoms with Crippen LogP contribution in [0.5, 0.6) is 0 Å². The zero-order valence-corrected chi connectivity index (χ0v) is 17.4. The third-order valence-electron chi connectivity index (χ3n) is 5.77. The SMILES string of the molecule is CC[C@@](C)(C(=O)O)N1C(=O)CC[C@H](c2cccc(Cl)c2)[C@H]1c1ccc(Cl)cc1. The van der Waals surface area contributed by atoms with Gasteiger partial charge in [0.25, 0.3) is 0 Å². The molecular formula is C22H23Cl2NO3. The van der Waals surface area contributed by atoms with Crippen molar-refractivity contribution in [2.45, 2.75) is 50.6 Å². The van der Waals surface area contributed by atoms with Crippen LogP contribution >= 0.6 is 23.2 Å². The molecule has 3 rings (SSSR count). The topological polar surface area (TPSA) is 57.6 Å². The van der Waals surface area contributed by atoms with Crippen LogP contribution in [-0.4, -0.2) is 27.4 Å². The Labute approximate surface area is 175 Å². The number of aliphatic carboxylic acids is 1. The molecule has 2 aromatic rings. The highest BCUT2D eigenvalue weighted by molar-refractivity contribution is 6.30. The van der Waals surface area contributed by atoms with Gasteiger partial charge in [-0.05, 0) is 55.2 Å². The van der Waals surface area contributed by atoms with Gasteiger partial charge in [0, 0.05) is 22.4 Å². The predicted molar refractivity (Wildman–Crippen MR) is 111 cm³/mol. The Kier molecular flexibility index (Phi) is 6.01. The quantitative estimate of drug-likeness (QED) is 0.676. The van der Waals surface area contributed by atoms with Gasteiger partial charge in [0.05, 0.1) is 6.04 Å². The van der Waals surface area contributed by atoms with Crippen molar-refractivity contribution in [2.24, 2.45) is 0 Å². The van der Waals surface area contributed by atoms with E-state index in [0.29, 0.717) is 29.3 Å². The van der Waals surface area contributed by atoms with Gasteiger partial charge in [-0.2, -0.15) is 0 Å². The Balaban J connectivity index is 2.19. The molecule has 0 unspecified atom stereocenters. The summed E-state index contributed by atoms with van der Waals surface area (Å²) in [5.74, 6) is -1.22. The minimum Gasteiger partial charge on any atom is -0.480 e. The van der Waals surface area contributed by atoms with Crippen LogP contribution in [-0.2, 0) is 9.59 Å². The Morgan fingerprint density at radius 1 is 1.14 bits per heavy atom. The first-order chi connectivity index (χ1) is 13.3. The van der Waals surface area contributed by atoms with E-state index in [9.17, 15) is 14.7 Å². The number of halogens is 2. The molecule has 1 heterocycles. The Morgan fingerprint density at radius 3 is 2.39 bits per heavy atom. The van der Waals surface area contributed by atoms with Crippen molar-refractivity contribution in [3.8, 4) is 0 Å². The lowest BCUT2D eigenvalue weighted by Gasteiger charge is -2.49. The van der Waals surface area contributed by atoms with Crippen molar-refractivity contribution in [3.05, 3.63) is 69.7 Å². The molecule has 0 radical (unpaired) electrons. The molecule has 1 aliphatic rings. The van der Waals surface area contributed by atoms with Gasteiger partial charge in [-0.25, -0.2) is 4.79 Å². The third kappa shape index (κ3) is 3.76. The number of carbonyl (C=O) groups is 2. The highest BCUT2D eigenvalue weighted by Crippen LogP contribution is 2.47. The molecular weight excluding hydrogens is 397 g/mol. The number of likely N-dealkylation sites (tertiary alicyclic amines) is 1. The van der Waals surface area contributed by atoms with Crippen molar-refractivity contribution in [3.63, 3.8) is 0 Å². The second-order valence-electron chi connectivity index (χ2n) is 7.39. The summed E-state index contributed by atoms with van der Waals surface area (Å²) >= 11 is 12.3. The molecule has 1 saturated heterocycles. The standard InChI is InChI=1S/C22H23Cl2NO3/c1-3-22(2,21(27)28)25-19(26)12-11-18(15-5-4-6-17(24)13-15)20(25)14-7-9-16(23)10-8-14/h4-10,13,18,20H,3,11-12H2,1-2H3,(H,27,28)/t18-,20-,22+/m1/s1. The number of nitrogens with zero attached hydrogens (tertiary/aromatic N) is 1. The predicted octanol–water partition coefficient (Wildman–Crippen LogP) is 5.69. The lowest BCUT2D eigenvalue weighted by Crippen LogP contribution is -2.58. The fourth-order valence-corrected chi connectivity index (χ4v) is 4.35. The maximum absolute atomic E-state index is 13.0. The molecule has 3 atom stereocenters. The van der Waals surface area contributed by atoms with Crippen LogP contribution in [0.3, 0.4) is 0 Å². The molecule has 1 fully saturated rings. The van der Waals surface area contributed by atoms with E-state index in [1.807, 2.05) is 36.4 Å². The number of rotatable bonds is 5. The summed E-state index contributed by atoms with van der Waals surface area (Å²) in [6.07, 6.45) is 1.23. The van der Waals surface area contributed by atoms with Gasteiger partial charge in [0.1, 0.15) is 5.54 Å². The maximum atomic E-state index is 13.0. The van der Waals surface area contributed by atoms with E-state index in [1.165, 1.54) is 0 Å². The lowest BCUT2D eigenvalue weighted by atomic mass is 9.77. The normalized spacial score (nSPS) is 22.0. The minimum absolute atomic E-state index is 0.0669. The van der Waals surface area contributed by atoms with Crippen LogP contribution in [0.1, 0.15) is 56.2 Å². The number of amides is 1. The molecule has 28 heavy (non-hydrogen) atoms. The van der Waals surface area contributed by atoms with E-state index >= 15 is 0 Å². The molecule has 6 heteroatoms. The fraction of sp³-hybridized carbons (Fsp3) is 0.364. The zero-order valence-electron chi connectivity index (χ0n) is 15.9. The monoisotopic (exact) mass is 419 g/mol. The number of carbonyl (C=O) groups excluding carboxylic acids is 1. The van der Waals surface area contributed by atoms with Gasteiger partial charge in [-0.3, -0.25) is 4.79 Å². The van der Waals surface area contributed by atoms with E-state index in [-0.39, 0.29) is 11.8 Å². The molecule has 2 aromatic carbocycles. The highest BCUT2D eigenvalue weighted by Gasteiger charge is 2.49. The van der Waals surface area contributed by atoms with Gasteiger partial charge in [-0.15, -0.1) is 0 Å². The van der Waals surface area contributed by atoms with Gasteiger partial charge in [0.15, 0.2) is 0 Å². The number of piperidine rings is 1. The maximum Gasteiger partial charge on any atom is 0.329 e. The number of hydrogen-bond donors (Lipinski definition) is 1. The molecule has 4 nitrogen and oxygen atoms in total. The molecule has 1 amide bonds. The summed E-state index contributed by atoms with van der Waals surface area (Å²) in [6, 6.07) is 14.4. The summed E-state index contributed by atoms with van der Waals surface area (Å²) in [4.78, 5) is 26.8. The van der Waals surface area contributed by atoms with E-state index in [4.69, 9.17) is 23.2 Å². The molecule has 0 aliphatic carbocycles. The van der Waals surface area contributed by atoms with Gasteiger partial charge in [-0.1, -0.05) is 54.4 Å². The summed E-state index contributed by atoms with van der Waals surface area (Å²) in [6.45, 7) is 3.42. The first-order valence-corrected chi connectivity index (χ1v) is 10.1. The molecule has 148 valence electrons. The Hall–Kier alpha value is -2.04. The summed E-state index contributed by atoms with van der Waals surface area (Å²) in [5.41, 5.74) is 0.552.